The van der Waals surface area contributed by atoms with Gasteiger partial charge in [-0.3, -0.25) is 14.9 Å². The average molecular weight is 418 g/mol. The fraction of sp³-hybridized carbons (Fsp3) is 0.0455. The van der Waals surface area contributed by atoms with Crippen LogP contribution in [0.1, 0.15) is 16.1 Å². The summed E-state index contributed by atoms with van der Waals surface area (Å²) in [5.41, 5.74) is 2.63. The SMILES string of the molecule is O=C(NCc1ccc(S(=O)(=O)c2ccccc2)cc1)c1cc(-c2ccncc2)n[nH]1. The molecule has 1 amide bonds. The molecule has 7 nitrogen and oxygen atoms in total. The quantitative estimate of drug-likeness (QED) is 0.500. The number of aromatic nitrogens is 3. The van der Waals surface area contributed by atoms with E-state index < -0.39 is 9.84 Å². The predicted molar refractivity (Wildman–Crippen MR) is 111 cm³/mol. The van der Waals surface area contributed by atoms with Crippen molar-refractivity contribution in [1.29, 1.82) is 0 Å². The lowest BCUT2D eigenvalue weighted by Crippen LogP contribution is -2.23. The molecule has 0 bridgehead atoms. The number of carbonyl (C=O) groups is 1. The third-order valence-electron chi connectivity index (χ3n) is 4.54. The van der Waals surface area contributed by atoms with E-state index >= 15 is 0 Å². The van der Waals surface area contributed by atoms with Crippen molar-refractivity contribution in [1.82, 2.24) is 20.5 Å². The van der Waals surface area contributed by atoms with Crippen LogP contribution in [0, 0.1) is 0 Å². The van der Waals surface area contributed by atoms with Crippen LogP contribution in [0.4, 0.5) is 0 Å². The van der Waals surface area contributed by atoms with E-state index in [-0.39, 0.29) is 22.2 Å². The first-order valence-corrected chi connectivity index (χ1v) is 10.7. The molecule has 0 aliphatic rings. The Hall–Kier alpha value is -3.78. The van der Waals surface area contributed by atoms with Gasteiger partial charge in [0.25, 0.3) is 5.91 Å². The summed E-state index contributed by atoms with van der Waals surface area (Å²) in [5.74, 6) is -0.302. The van der Waals surface area contributed by atoms with E-state index in [9.17, 15) is 13.2 Å². The molecule has 150 valence electrons. The molecule has 0 unspecified atom stereocenters. The standard InChI is InChI=1S/C22H18N4O3S/c27-22(21-14-20(25-26-21)17-10-12-23-13-11-17)24-15-16-6-8-19(9-7-16)30(28,29)18-4-2-1-3-5-18/h1-14H,15H2,(H,24,27)(H,25,26). The lowest BCUT2D eigenvalue weighted by Gasteiger charge is -2.07. The number of nitrogens with zero attached hydrogens (tertiary/aromatic N) is 2. The molecule has 0 saturated heterocycles. The van der Waals surface area contributed by atoms with E-state index in [2.05, 4.69) is 20.5 Å². The topological polar surface area (TPSA) is 105 Å². The van der Waals surface area contributed by atoms with E-state index in [0.717, 1.165) is 11.1 Å². The van der Waals surface area contributed by atoms with Gasteiger partial charge in [-0.25, -0.2) is 8.42 Å². The molecule has 4 aromatic rings. The molecule has 0 aliphatic carbocycles. The summed E-state index contributed by atoms with van der Waals surface area (Å²) >= 11 is 0. The molecular weight excluding hydrogens is 400 g/mol. The van der Waals surface area contributed by atoms with Crippen molar-refractivity contribution in [2.24, 2.45) is 0 Å². The molecular formula is C22H18N4O3S. The highest BCUT2D eigenvalue weighted by molar-refractivity contribution is 7.91. The minimum Gasteiger partial charge on any atom is -0.347 e. The number of pyridine rings is 1. The molecule has 2 heterocycles. The summed E-state index contributed by atoms with van der Waals surface area (Å²) < 4.78 is 25.3. The number of hydrogen-bond acceptors (Lipinski definition) is 5. The number of rotatable bonds is 6. The molecule has 2 N–H and O–H groups in total. The second-order valence-electron chi connectivity index (χ2n) is 6.55. The molecule has 4 rings (SSSR count). The lowest BCUT2D eigenvalue weighted by atomic mass is 10.2. The zero-order valence-electron chi connectivity index (χ0n) is 15.8. The molecule has 30 heavy (non-hydrogen) atoms. The van der Waals surface area contributed by atoms with E-state index in [1.165, 1.54) is 0 Å². The van der Waals surface area contributed by atoms with E-state index in [4.69, 9.17) is 0 Å². The van der Waals surface area contributed by atoms with Crippen molar-refractivity contribution < 1.29 is 13.2 Å². The van der Waals surface area contributed by atoms with Crippen LogP contribution in [-0.4, -0.2) is 29.5 Å². The normalized spacial score (nSPS) is 11.2. The van der Waals surface area contributed by atoms with E-state index in [0.29, 0.717) is 11.4 Å². The average Bonchev–Trinajstić information content (AvgIpc) is 3.29. The van der Waals surface area contributed by atoms with Crippen LogP contribution < -0.4 is 5.32 Å². The molecule has 0 radical (unpaired) electrons. The van der Waals surface area contributed by atoms with Gasteiger partial charge in [0, 0.05) is 24.5 Å². The zero-order chi connectivity index (χ0) is 21.0. The van der Waals surface area contributed by atoms with Gasteiger partial charge in [0.05, 0.1) is 15.5 Å². The molecule has 0 saturated carbocycles. The van der Waals surface area contributed by atoms with Crippen molar-refractivity contribution in [3.05, 3.63) is 96.4 Å². The largest absolute Gasteiger partial charge is 0.347 e. The first-order valence-electron chi connectivity index (χ1n) is 9.17. The van der Waals surface area contributed by atoms with Crippen molar-refractivity contribution in [3.63, 3.8) is 0 Å². The molecule has 2 aromatic heterocycles. The van der Waals surface area contributed by atoms with E-state index in [1.807, 2.05) is 12.1 Å². The van der Waals surface area contributed by atoms with Crippen molar-refractivity contribution in [3.8, 4) is 11.3 Å². The maximum atomic E-state index is 12.6. The van der Waals surface area contributed by atoms with Gasteiger partial charge in [0.1, 0.15) is 5.69 Å². The van der Waals surface area contributed by atoms with Gasteiger partial charge in [0.15, 0.2) is 0 Å². The van der Waals surface area contributed by atoms with Gasteiger partial charge in [-0.2, -0.15) is 5.10 Å². The van der Waals surface area contributed by atoms with Crippen LogP contribution in [0.2, 0.25) is 0 Å². The Balaban J connectivity index is 1.41. The zero-order valence-corrected chi connectivity index (χ0v) is 16.6. The minimum atomic E-state index is -3.56. The summed E-state index contributed by atoms with van der Waals surface area (Å²) in [7, 11) is -3.56. The molecule has 0 fully saturated rings. The Morgan fingerprint density at radius 3 is 2.27 bits per heavy atom. The molecule has 8 heteroatoms. The summed E-state index contributed by atoms with van der Waals surface area (Å²) in [4.78, 5) is 16.8. The Bertz CT molecular complexity index is 1250. The van der Waals surface area contributed by atoms with Gasteiger partial charge in [-0.15, -0.1) is 0 Å². The summed E-state index contributed by atoms with van der Waals surface area (Å²) in [6.07, 6.45) is 3.32. The van der Waals surface area contributed by atoms with Gasteiger partial charge >= 0.3 is 0 Å². The fourth-order valence-corrected chi connectivity index (χ4v) is 4.19. The van der Waals surface area contributed by atoms with Crippen LogP contribution in [0.5, 0.6) is 0 Å². The first-order chi connectivity index (χ1) is 14.5. The fourth-order valence-electron chi connectivity index (χ4n) is 2.91. The number of amides is 1. The summed E-state index contributed by atoms with van der Waals surface area (Å²) in [5, 5.41) is 9.67. The van der Waals surface area contributed by atoms with Gasteiger partial charge < -0.3 is 5.32 Å². The number of hydrogen-bond donors (Lipinski definition) is 2. The molecule has 0 aliphatic heterocycles. The van der Waals surface area contributed by atoms with Crippen LogP contribution in [-0.2, 0) is 16.4 Å². The highest BCUT2D eigenvalue weighted by atomic mass is 32.2. The van der Waals surface area contributed by atoms with Crippen LogP contribution in [0.3, 0.4) is 0 Å². The van der Waals surface area contributed by atoms with Gasteiger partial charge in [-0.1, -0.05) is 30.3 Å². The second kappa shape index (κ2) is 8.30. The highest BCUT2D eigenvalue weighted by Gasteiger charge is 2.17. The monoisotopic (exact) mass is 418 g/mol. The Morgan fingerprint density at radius 2 is 1.57 bits per heavy atom. The molecule has 0 spiro atoms. The number of aromatic amines is 1. The third-order valence-corrected chi connectivity index (χ3v) is 6.32. The summed E-state index contributed by atoms with van der Waals surface area (Å²) in [6, 6.07) is 20.0. The van der Waals surface area contributed by atoms with Crippen LogP contribution in [0.25, 0.3) is 11.3 Å². The third kappa shape index (κ3) is 4.13. The van der Waals surface area contributed by atoms with Gasteiger partial charge in [0.2, 0.25) is 9.84 Å². The highest BCUT2D eigenvalue weighted by Crippen LogP contribution is 2.21. The van der Waals surface area contributed by atoms with Crippen molar-refractivity contribution >= 4 is 15.7 Å². The maximum absolute atomic E-state index is 12.6. The lowest BCUT2D eigenvalue weighted by molar-refractivity contribution is 0.0946. The molecule has 0 atom stereocenters. The molecule has 2 aromatic carbocycles. The second-order valence-corrected chi connectivity index (χ2v) is 8.50. The van der Waals surface area contributed by atoms with Crippen molar-refractivity contribution in [2.45, 2.75) is 16.3 Å². The Labute approximate surface area is 173 Å². The smallest absolute Gasteiger partial charge is 0.269 e. The Morgan fingerprint density at radius 1 is 0.900 bits per heavy atom. The van der Waals surface area contributed by atoms with Crippen LogP contribution in [0.15, 0.2) is 95.0 Å². The number of H-pyrrole nitrogens is 1. The number of sulfone groups is 1. The van der Waals surface area contributed by atoms with Crippen LogP contribution >= 0.6 is 0 Å². The summed E-state index contributed by atoms with van der Waals surface area (Å²) in [6.45, 7) is 0.258. The number of carbonyl (C=O) groups excluding carboxylic acids is 1. The first kappa shape index (κ1) is 19.5. The number of nitrogens with one attached hydrogen (secondary N) is 2. The van der Waals surface area contributed by atoms with Crippen molar-refractivity contribution in [2.75, 3.05) is 0 Å². The van der Waals surface area contributed by atoms with Gasteiger partial charge in [-0.05, 0) is 48.0 Å². The maximum Gasteiger partial charge on any atom is 0.269 e. The van der Waals surface area contributed by atoms with E-state index in [1.54, 1.807) is 73.1 Å². The predicted octanol–water partition coefficient (Wildman–Crippen LogP) is 3.23. The Kier molecular flexibility index (Phi) is 5.40. The minimum absolute atomic E-state index is 0.208. The number of benzene rings is 2.